The number of nitrogens with zero attached hydrogens (tertiary/aromatic N) is 1. The lowest BCUT2D eigenvalue weighted by Gasteiger charge is -2.42. The van der Waals surface area contributed by atoms with Crippen LogP contribution in [0.5, 0.6) is 0 Å². The van der Waals surface area contributed by atoms with Gasteiger partial charge in [-0.1, -0.05) is 71.1 Å². The highest BCUT2D eigenvalue weighted by molar-refractivity contribution is 6.39. The second kappa shape index (κ2) is 27.3. The lowest BCUT2D eigenvalue weighted by Crippen LogP contribution is -2.61. The maximum absolute atomic E-state index is 14.4. The topological polar surface area (TPSA) is 216 Å². The first-order valence-electron chi connectivity index (χ1n) is 25.2. The van der Waals surface area contributed by atoms with E-state index in [-0.39, 0.29) is 48.7 Å². The van der Waals surface area contributed by atoms with Crippen molar-refractivity contribution >= 4 is 29.2 Å². The van der Waals surface area contributed by atoms with Gasteiger partial charge in [0, 0.05) is 50.9 Å². The molecule has 0 aromatic carbocycles. The molecule has 0 aromatic heterocycles. The normalized spacial score (nSPS) is 39.2. The van der Waals surface area contributed by atoms with E-state index >= 15 is 0 Å². The molecule has 3 fully saturated rings. The Labute approximate surface area is 404 Å². The zero-order chi connectivity index (χ0) is 50.3. The zero-order valence-corrected chi connectivity index (χ0v) is 42.2. The summed E-state index contributed by atoms with van der Waals surface area (Å²) in [6, 6.07) is -1.17. The molecule has 3 aliphatic heterocycles. The van der Waals surface area contributed by atoms with Gasteiger partial charge in [-0.15, -0.1) is 0 Å². The fourth-order valence-corrected chi connectivity index (χ4v) is 10.2. The number of Topliss-reactive ketones (excluding diaryl/α,β-unsaturated/α-hetero) is 3. The van der Waals surface area contributed by atoms with Crippen LogP contribution in [0.1, 0.15) is 132 Å². The van der Waals surface area contributed by atoms with E-state index in [9.17, 15) is 44.4 Å². The van der Waals surface area contributed by atoms with Crippen molar-refractivity contribution in [2.24, 2.45) is 35.5 Å². The van der Waals surface area contributed by atoms with Gasteiger partial charge in [-0.25, -0.2) is 4.79 Å². The number of aliphatic hydroxyl groups is 4. The van der Waals surface area contributed by atoms with Crippen LogP contribution in [0.3, 0.4) is 0 Å². The Morgan fingerprint density at radius 1 is 0.868 bits per heavy atom. The summed E-state index contributed by atoms with van der Waals surface area (Å²) in [6.45, 7) is 15.6. The number of hydrogen-bond acceptors (Lipinski definition) is 14. The van der Waals surface area contributed by atoms with Gasteiger partial charge in [0.25, 0.3) is 11.7 Å². The number of hydrogen-bond donors (Lipinski definition) is 4. The van der Waals surface area contributed by atoms with Gasteiger partial charge in [0.05, 0.1) is 37.6 Å². The van der Waals surface area contributed by atoms with E-state index < -0.39 is 95.6 Å². The number of methoxy groups -OCH3 is 1. The molecule has 0 spiro atoms. The van der Waals surface area contributed by atoms with Crippen molar-refractivity contribution in [1.29, 1.82) is 0 Å². The fourth-order valence-electron chi connectivity index (χ4n) is 10.2. The summed E-state index contributed by atoms with van der Waals surface area (Å²) in [5, 5.41) is 45.2. The van der Waals surface area contributed by atoms with E-state index in [1.807, 2.05) is 58.1 Å². The fraction of sp³-hybridized carbons (Fsp3) is 0.755. The Bertz CT molecular complexity index is 1810. The minimum atomic E-state index is -2.44. The average Bonchev–Trinajstić information content (AvgIpc) is 3.31. The third-order valence-electron chi connectivity index (χ3n) is 14.7. The summed E-state index contributed by atoms with van der Waals surface area (Å²) in [6.07, 6.45) is 9.52. The predicted molar refractivity (Wildman–Crippen MR) is 256 cm³/mol. The van der Waals surface area contributed by atoms with Gasteiger partial charge >= 0.3 is 5.97 Å². The lowest BCUT2D eigenvalue weighted by atomic mass is 9.78. The van der Waals surface area contributed by atoms with Crippen molar-refractivity contribution in [3.8, 4) is 0 Å². The Hall–Kier alpha value is -3.41. The molecule has 0 aromatic rings. The molecule has 15 atom stereocenters. The molecule has 1 aliphatic carbocycles. The Kier molecular flexibility index (Phi) is 22.9. The summed E-state index contributed by atoms with van der Waals surface area (Å²) in [5.74, 6) is -8.79. The Morgan fingerprint density at radius 2 is 1.60 bits per heavy atom. The van der Waals surface area contributed by atoms with E-state index in [2.05, 4.69) is 0 Å². The summed E-state index contributed by atoms with van der Waals surface area (Å²) in [7, 11) is 1.56. The van der Waals surface area contributed by atoms with Crippen LogP contribution in [0.2, 0.25) is 0 Å². The third-order valence-corrected chi connectivity index (χ3v) is 14.7. The maximum atomic E-state index is 14.4. The molecule has 15 heteroatoms. The molecule has 3 heterocycles. The van der Waals surface area contributed by atoms with E-state index in [1.165, 1.54) is 11.0 Å². The van der Waals surface area contributed by atoms with Crippen molar-refractivity contribution in [3.63, 3.8) is 0 Å². The summed E-state index contributed by atoms with van der Waals surface area (Å²) in [4.78, 5) is 71.5. The number of aliphatic hydroxyl groups excluding tert-OH is 3. The molecule has 384 valence electrons. The number of esters is 1. The summed E-state index contributed by atoms with van der Waals surface area (Å²) in [5.41, 5.74) is 1.10. The largest absolute Gasteiger partial charge is 0.460 e. The highest BCUT2D eigenvalue weighted by Crippen LogP contribution is 2.38. The number of cyclic esters (lactones) is 1. The Balaban J connectivity index is 1.66. The van der Waals surface area contributed by atoms with E-state index in [0.717, 1.165) is 12.0 Å². The molecule has 15 nitrogen and oxygen atoms in total. The van der Waals surface area contributed by atoms with E-state index in [4.69, 9.17) is 23.7 Å². The maximum Gasteiger partial charge on any atom is 0.329 e. The molecule has 4 rings (SSSR count). The van der Waals surface area contributed by atoms with Crippen molar-refractivity contribution in [2.45, 2.75) is 187 Å². The number of rotatable bonds is 9. The van der Waals surface area contributed by atoms with Crippen LogP contribution in [0.25, 0.3) is 0 Å². The van der Waals surface area contributed by atoms with E-state index in [1.54, 1.807) is 34.8 Å². The standard InChI is InChI=1S/C53H83NO14/c1-10-65-24-25-66-44-22-20-39(29-43(44)56)28-35(5)46-31-42(55)34(4)27-37(7)48(58)49(59)47(57)36(6)26-32(2)16-12-11-13-17-33(3)45(64-9)30-40-21-19-38(8)53(63,68-40)50(60)51(61)54-23-15-14-18-41(54)52(62)67-46/h11-13,16-17,27,32,34-36,38-41,43-46,48-49,56,58-59,63H,10,14-15,18-26,28-31H2,1-9H3/b13-11+,16-12+,33-17+,37-27+/t32-,34-,35-,36-,38-,39+,40+,41+,43?,44-,45+,46+,48-,49?,53-/m1/s1. The number of amides is 1. The lowest BCUT2D eigenvalue weighted by molar-refractivity contribution is -0.265. The monoisotopic (exact) mass is 958 g/mol. The number of carbonyl (C=O) groups excluding carboxylic acids is 5. The smallest absolute Gasteiger partial charge is 0.329 e. The second-order valence-corrected chi connectivity index (χ2v) is 20.2. The highest BCUT2D eigenvalue weighted by Gasteiger charge is 2.53. The molecule has 68 heavy (non-hydrogen) atoms. The molecular formula is C53H83NO14. The van der Waals surface area contributed by atoms with Crippen molar-refractivity contribution < 1.29 is 68.1 Å². The average molecular weight is 958 g/mol. The van der Waals surface area contributed by atoms with Crippen molar-refractivity contribution in [1.82, 2.24) is 4.90 Å². The molecule has 4 aliphatic rings. The first kappa shape index (κ1) is 57.2. The molecule has 2 bridgehead atoms. The highest BCUT2D eigenvalue weighted by atomic mass is 16.6. The first-order chi connectivity index (χ1) is 32.2. The quantitative estimate of drug-likeness (QED) is 0.0913. The number of ketones is 3. The third kappa shape index (κ3) is 15.8. The van der Waals surface area contributed by atoms with Crippen LogP contribution >= 0.6 is 0 Å². The summed E-state index contributed by atoms with van der Waals surface area (Å²) < 4.78 is 29.5. The van der Waals surface area contributed by atoms with Crippen LogP contribution in [0.4, 0.5) is 0 Å². The second-order valence-electron chi connectivity index (χ2n) is 20.2. The molecule has 4 N–H and O–H groups in total. The van der Waals surface area contributed by atoms with Crippen LogP contribution in [-0.4, -0.2) is 143 Å². The molecule has 1 saturated carbocycles. The number of piperidine rings is 1. The van der Waals surface area contributed by atoms with Gasteiger partial charge < -0.3 is 49.0 Å². The van der Waals surface area contributed by atoms with Crippen LogP contribution in [0.15, 0.2) is 47.6 Å². The molecule has 0 radical (unpaired) electrons. The number of carbonyl (C=O) groups is 5. The zero-order valence-electron chi connectivity index (χ0n) is 42.2. The van der Waals surface area contributed by atoms with Crippen LogP contribution < -0.4 is 0 Å². The van der Waals surface area contributed by atoms with Crippen LogP contribution in [0, 0.1) is 35.5 Å². The van der Waals surface area contributed by atoms with Crippen molar-refractivity contribution in [2.75, 3.05) is 33.5 Å². The SMILES string of the molecule is CCOCCO[C@@H]1CC[C@@H](C[C@@H](C)[C@@H]2CC(=O)[C@H](C)/C=C(\C)[C@@H](O)C(O)C(=O)[C@H](C)C[C@H](C)/C=C/C=C/C=C(\C)[C@@H](OC)C[C@@H]3CC[C@@H](C)[C@@](O)(O3)C(=O)C(=O)N3CCCC[C@H]3C(=O)O2)CC1O. The molecule has 2 saturated heterocycles. The minimum Gasteiger partial charge on any atom is -0.460 e. The van der Waals surface area contributed by atoms with Gasteiger partial charge in [-0.05, 0) is 114 Å². The molecule has 1 amide bonds. The van der Waals surface area contributed by atoms with Gasteiger partial charge in [-0.2, -0.15) is 0 Å². The van der Waals surface area contributed by atoms with Crippen molar-refractivity contribution in [3.05, 3.63) is 47.6 Å². The van der Waals surface area contributed by atoms with Gasteiger partial charge in [0.15, 0.2) is 5.78 Å². The van der Waals surface area contributed by atoms with Gasteiger partial charge in [-0.3, -0.25) is 19.2 Å². The first-order valence-corrected chi connectivity index (χ1v) is 25.2. The van der Waals surface area contributed by atoms with Gasteiger partial charge in [0.1, 0.15) is 30.1 Å². The van der Waals surface area contributed by atoms with Gasteiger partial charge in [0.2, 0.25) is 5.79 Å². The molecule has 2 unspecified atom stereocenters. The van der Waals surface area contributed by atoms with E-state index in [0.29, 0.717) is 77.6 Å². The Morgan fingerprint density at radius 3 is 2.29 bits per heavy atom. The molecular weight excluding hydrogens is 875 g/mol. The number of allylic oxidation sites excluding steroid dienone is 6. The summed E-state index contributed by atoms with van der Waals surface area (Å²) >= 11 is 0. The van der Waals surface area contributed by atoms with Crippen LogP contribution in [-0.2, 0) is 47.7 Å². The number of fused-ring (bicyclic) bond motifs is 3. The minimum absolute atomic E-state index is 0.0219. The predicted octanol–water partition coefficient (Wildman–Crippen LogP) is 5.93. The number of ether oxygens (including phenoxy) is 5.